The van der Waals surface area contributed by atoms with E-state index < -0.39 is 17.2 Å². The number of alkyl carbamates (subject to hydrolysis) is 1. The van der Waals surface area contributed by atoms with Crippen LogP contribution in [-0.4, -0.2) is 24.8 Å². The van der Waals surface area contributed by atoms with E-state index in [-0.39, 0.29) is 0 Å². The number of rotatable bonds is 2. The summed E-state index contributed by atoms with van der Waals surface area (Å²) in [6, 6.07) is 9.49. The number of nitriles is 1. The van der Waals surface area contributed by atoms with Gasteiger partial charge in [-0.2, -0.15) is 5.26 Å². The van der Waals surface area contributed by atoms with Gasteiger partial charge in [-0.25, -0.2) is 4.79 Å². The van der Waals surface area contributed by atoms with E-state index in [2.05, 4.69) is 16.7 Å². The summed E-state index contributed by atoms with van der Waals surface area (Å²) in [5, 5.41) is 15.3. The van der Waals surface area contributed by atoms with Crippen LogP contribution in [-0.2, 0) is 10.3 Å². The zero-order chi connectivity index (χ0) is 15.5. The van der Waals surface area contributed by atoms with Gasteiger partial charge in [0.2, 0.25) is 0 Å². The molecule has 2 N–H and O–H groups in total. The van der Waals surface area contributed by atoms with Gasteiger partial charge in [-0.15, -0.1) is 0 Å². The quantitative estimate of drug-likeness (QED) is 0.875. The minimum absolute atomic E-state index is 0.437. The van der Waals surface area contributed by atoms with Crippen LogP contribution in [0, 0.1) is 11.3 Å². The van der Waals surface area contributed by atoms with Gasteiger partial charge in [-0.3, -0.25) is 0 Å². The molecule has 1 saturated heterocycles. The molecule has 0 saturated carbocycles. The van der Waals surface area contributed by atoms with Crippen LogP contribution in [0.15, 0.2) is 24.3 Å². The number of amides is 1. The Morgan fingerprint density at radius 3 is 2.81 bits per heavy atom. The number of nitrogens with one attached hydrogen (secondary N) is 2. The molecule has 2 rings (SSSR count). The molecular formula is C16H21N3O2. The molecule has 1 aromatic rings. The third kappa shape index (κ3) is 3.73. The minimum Gasteiger partial charge on any atom is -0.444 e. The topological polar surface area (TPSA) is 74.1 Å². The molecule has 1 amide bonds. The van der Waals surface area contributed by atoms with Gasteiger partial charge in [0.15, 0.2) is 0 Å². The molecule has 0 radical (unpaired) electrons. The molecule has 21 heavy (non-hydrogen) atoms. The number of ether oxygens (including phenoxy) is 1. The van der Waals surface area contributed by atoms with Gasteiger partial charge in [0.05, 0.1) is 17.2 Å². The molecule has 1 aliphatic heterocycles. The lowest BCUT2D eigenvalue weighted by molar-refractivity contribution is 0.0461. The van der Waals surface area contributed by atoms with Crippen LogP contribution in [0.2, 0.25) is 0 Å². The van der Waals surface area contributed by atoms with E-state index in [0.29, 0.717) is 12.1 Å². The van der Waals surface area contributed by atoms with Crippen molar-refractivity contribution in [1.29, 1.82) is 5.26 Å². The van der Waals surface area contributed by atoms with Crippen molar-refractivity contribution in [2.24, 2.45) is 0 Å². The number of carbonyl (C=O) groups is 1. The first-order valence-electron chi connectivity index (χ1n) is 7.07. The van der Waals surface area contributed by atoms with Crippen molar-refractivity contribution in [3.8, 4) is 6.07 Å². The molecule has 5 heteroatoms. The fourth-order valence-electron chi connectivity index (χ4n) is 2.50. The SMILES string of the molecule is CC(C)(C)OC(=O)NC1(c2cccc(C#N)c2)CCNC1. The van der Waals surface area contributed by atoms with Crippen LogP contribution in [0.3, 0.4) is 0 Å². The lowest BCUT2D eigenvalue weighted by Crippen LogP contribution is -2.49. The second-order valence-electron chi connectivity index (χ2n) is 6.33. The molecule has 1 heterocycles. The van der Waals surface area contributed by atoms with Gasteiger partial charge >= 0.3 is 6.09 Å². The van der Waals surface area contributed by atoms with Crippen molar-refractivity contribution in [1.82, 2.24) is 10.6 Å². The Hall–Kier alpha value is -2.06. The normalized spacial score (nSPS) is 21.6. The van der Waals surface area contributed by atoms with E-state index in [1.165, 1.54) is 0 Å². The van der Waals surface area contributed by atoms with Gasteiger partial charge in [-0.1, -0.05) is 12.1 Å². The minimum atomic E-state index is -0.536. The highest BCUT2D eigenvalue weighted by atomic mass is 16.6. The summed E-state index contributed by atoms with van der Waals surface area (Å²) in [4.78, 5) is 12.1. The Morgan fingerprint density at radius 1 is 1.48 bits per heavy atom. The first-order valence-corrected chi connectivity index (χ1v) is 7.07. The third-order valence-corrected chi connectivity index (χ3v) is 3.44. The Morgan fingerprint density at radius 2 is 2.24 bits per heavy atom. The first-order chi connectivity index (χ1) is 9.85. The van der Waals surface area contributed by atoms with Crippen LogP contribution < -0.4 is 10.6 Å². The van der Waals surface area contributed by atoms with Crippen molar-refractivity contribution in [3.05, 3.63) is 35.4 Å². The van der Waals surface area contributed by atoms with E-state index in [9.17, 15) is 4.79 Å². The Kier molecular flexibility index (Phi) is 4.19. The average molecular weight is 287 g/mol. The lowest BCUT2D eigenvalue weighted by atomic mass is 9.88. The summed E-state index contributed by atoms with van der Waals surface area (Å²) in [6.07, 6.45) is 0.328. The van der Waals surface area contributed by atoms with Crippen molar-refractivity contribution < 1.29 is 9.53 Å². The molecule has 1 aromatic carbocycles. The molecule has 0 aromatic heterocycles. The monoisotopic (exact) mass is 287 g/mol. The molecule has 0 aliphatic carbocycles. The molecule has 112 valence electrons. The zero-order valence-corrected chi connectivity index (χ0v) is 12.7. The molecule has 1 atom stereocenters. The van der Waals surface area contributed by atoms with Gasteiger partial charge in [-0.05, 0) is 51.4 Å². The molecule has 1 unspecified atom stereocenters. The van der Waals surface area contributed by atoms with Gasteiger partial charge in [0.25, 0.3) is 0 Å². The number of hydrogen-bond acceptors (Lipinski definition) is 4. The van der Waals surface area contributed by atoms with Gasteiger partial charge in [0.1, 0.15) is 5.60 Å². The summed E-state index contributed by atoms with van der Waals surface area (Å²) in [6.45, 7) is 6.95. The fourth-order valence-corrected chi connectivity index (χ4v) is 2.50. The van der Waals surface area contributed by atoms with Crippen LogP contribution in [0.1, 0.15) is 38.3 Å². The van der Waals surface area contributed by atoms with E-state index in [1.54, 1.807) is 6.07 Å². The molecule has 5 nitrogen and oxygen atoms in total. The second-order valence-corrected chi connectivity index (χ2v) is 6.33. The molecule has 1 fully saturated rings. The van der Waals surface area contributed by atoms with Crippen molar-refractivity contribution in [3.63, 3.8) is 0 Å². The highest BCUT2D eigenvalue weighted by Gasteiger charge is 2.38. The summed E-state index contributed by atoms with van der Waals surface area (Å²) in [5.41, 5.74) is 0.461. The number of nitrogens with zero attached hydrogens (tertiary/aromatic N) is 1. The van der Waals surface area contributed by atoms with Gasteiger partial charge in [0, 0.05) is 6.54 Å². The summed E-state index contributed by atoms with van der Waals surface area (Å²) in [5.74, 6) is 0. The largest absolute Gasteiger partial charge is 0.444 e. The molecule has 1 aliphatic rings. The maximum Gasteiger partial charge on any atom is 0.408 e. The Labute approximate surface area is 125 Å². The summed E-state index contributed by atoms with van der Waals surface area (Å²) >= 11 is 0. The molecular weight excluding hydrogens is 266 g/mol. The van der Waals surface area contributed by atoms with Crippen LogP contribution >= 0.6 is 0 Å². The van der Waals surface area contributed by atoms with Crippen molar-refractivity contribution in [2.45, 2.75) is 38.3 Å². The Balaban J connectivity index is 2.25. The zero-order valence-electron chi connectivity index (χ0n) is 12.7. The van der Waals surface area contributed by atoms with E-state index in [0.717, 1.165) is 18.5 Å². The molecule has 0 bridgehead atoms. The number of hydrogen-bond donors (Lipinski definition) is 2. The third-order valence-electron chi connectivity index (χ3n) is 3.44. The van der Waals surface area contributed by atoms with Crippen LogP contribution in [0.4, 0.5) is 4.79 Å². The summed E-state index contributed by atoms with van der Waals surface area (Å²) < 4.78 is 5.36. The van der Waals surface area contributed by atoms with E-state index in [1.807, 2.05) is 39.0 Å². The highest BCUT2D eigenvalue weighted by molar-refractivity contribution is 5.69. The number of carbonyl (C=O) groups excluding carboxylic acids is 1. The predicted octanol–water partition coefficient (Wildman–Crippen LogP) is 2.27. The highest BCUT2D eigenvalue weighted by Crippen LogP contribution is 2.29. The van der Waals surface area contributed by atoms with E-state index >= 15 is 0 Å². The fraction of sp³-hybridized carbons (Fsp3) is 0.500. The standard InChI is InChI=1S/C16H21N3O2/c1-15(2,3)21-14(20)19-16(7-8-18-11-16)13-6-4-5-12(9-13)10-17/h4-6,9,18H,7-8,11H2,1-3H3,(H,19,20). The summed E-state index contributed by atoms with van der Waals surface area (Å²) in [7, 11) is 0. The van der Waals surface area contributed by atoms with Gasteiger partial charge < -0.3 is 15.4 Å². The Bertz CT molecular complexity index is 564. The van der Waals surface area contributed by atoms with Crippen LogP contribution in [0.5, 0.6) is 0 Å². The van der Waals surface area contributed by atoms with Crippen molar-refractivity contribution >= 4 is 6.09 Å². The first kappa shape index (κ1) is 15.3. The smallest absolute Gasteiger partial charge is 0.408 e. The van der Waals surface area contributed by atoms with Crippen molar-refractivity contribution in [2.75, 3.05) is 13.1 Å². The maximum absolute atomic E-state index is 12.1. The van der Waals surface area contributed by atoms with Crippen LogP contribution in [0.25, 0.3) is 0 Å². The maximum atomic E-state index is 12.1. The predicted molar refractivity (Wildman–Crippen MR) is 79.7 cm³/mol. The lowest BCUT2D eigenvalue weighted by Gasteiger charge is -2.31. The number of benzene rings is 1. The van der Waals surface area contributed by atoms with E-state index in [4.69, 9.17) is 10.00 Å². The average Bonchev–Trinajstić information content (AvgIpc) is 2.86. The second kappa shape index (κ2) is 5.74. The molecule has 0 spiro atoms.